The molecule has 3 aliphatic rings. The Hall–Kier alpha value is -2.36. The molecule has 122 valence electrons. The maximum Gasteiger partial charge on any atom is 0.150 e. The average molecular weight is 320 g/mol. The number of nitrogens with zero attached hydrogens (tertiary/aromatic N) is 2. The fourth-order valence-corrected chi connectivity index (χ4v) is 3.47. The number of anilines is 2. The topological polar surface area (TPSA) is 42.4 Å². The van der Waals surface area contributed by atoms with Crippen molar-refractivity contribution in [2.45, 2.75) is 37.5 Å². The second kappa shape index (κ2) is 5.33. The molecule has 1 aliphatic heterocycles. The van der Waals surface area contributed by atoms with Gasteiger partial charge < -0.3 is 9.64 Å². The lowest BCUT2D eigenvalue weighted by molar-refractivity contribution is 0.112. The van der Waals surface area contributed by atoms with Crippen LogP contribution in [0.5, 0.6) is 5.75 Å². The van der Waals surface area contributed by atoms with Crippen molar-refractivity contribution in [1.29, 1.82) is 0 Å². The van der Waals surface area contributed by atoms with E-state index in [1.165, 1.54) is 42.8 Å². The Morgan fingerprint density at radius 1 is 1.04 bits per heavy atom. The zero-order chi connectivity index (χ0) is 16.1. The third kappa shape index (κ3) is 2.46. The van der Waals surface area contributed by atoms with Gasteiger partial charge in [-0.1, -0.05) is 0 Å². The van der Waals surface area contributed by atoms with Crippen LogP contribution in [0, 0.1) is 0 Å². The molecule has 2 fully saturated rings. The normalized spacial score (nSPS) is 19.6. The summed E-state index contributed by atoms with van der Waals surface area (Å²) in [6, 6.07) is 10.2. The zero-order valence-corrected chi connectivity index (χ0v) is 13.6. The summed E-state index contributed by atoms with van der Waals surface area (Å²) in [7, 11) is 0. The van der Waals surface area contributed by atoms with Crippen LogP contribution in [0.2, 0.25) is 0 Å². The minimum absolute atomic E-state index is 0.634. The molecule has 4 nitrogen and oxygen atoms in total. The summed E-state index contributed by atoms with van der Waals surface area (Å²) in [5, 5.41) is 0. The number of aromatic nitrogens is 1. The van der Waals surface area contributed by atoms with Gasteiger partial charge in [0.25, 0.3) is 0 Å². The molecule has 2 aliphatic carbocycles. The Balaban J connectivity index is 1.58. The lowest BCUT2D eigenvalue weighted by atomic mass is 10.1. The number of benzene rings is 1. The first-order chi connectivity index (χ1) is 11.8. The number of pyridine rings is 1. The number of carbonyl (C=O) groups excluding carboxylic acids is 1. The van der Waals surface area contributed by atoms with Crippen LogP contribution in [-0.2, 0) is 0 Å². The van der Waals surface area contributed by atoms with Gasteiger partial charge in [-0.25, -0.2) is 0 Å². The summed E-state index contributed by atoms with van der Waals surface area (Å²) >= 11 is 0. The summed E-state index contributed by atoms with van der Waals surface area (Å²) < 4.78 is 5.78. The van der Waals surface area contributed by atoms with Gasteiger partial charge in [-0.3, -0.25) is 9.78 Å². The predicted octanol–water partition coefficient (Wildman–Crippen LogP) is 4.18. The van der Waals surface area contributed by atoms with Gasteiger partial charge in [-0.15, -0.1) is 0 Å². The monoisotopic (exact) mass is 320 g/mol. The van der Waals surface area contributed by atoms with E-state index >= 15 is 0 Å². The third-order valence-electron chi connectivity index (χ3n) is 5.14. The first-order valence-electron chi connectivity index (χ1n) is 8.83. The largest absolute Gasteiger partial charge is 0.490 e. The van der Waals surface area contributed by atoms with Crippen molar-refractivity contribution in [2.24, 2.45) is 0 Å². The van der Waals surface area contributed by atoms with E-state index in [4.69, 9.17) is 9.72 Å². The first kappa shape index (κ1) is 14.0. The van der Waals surface area contributed by atoms with Crippen LogP contribution in [0.1, 0.15) is 59.3 Å². The van der Waals surface area contributed by atoms with Crippen LogP contribution in [0.3, 0.4) is 0 Å². The molecule has 0 atom stereocenters. The maximum absolute atomic E-state index is 11.0. The Morgan fingerprint density at radius 2 is 1.75 bits per heavy atom. The maximum atomic E-state index is 11.0. The molecule has 2 aromatic rings. The number of hydrogen-bond acceptors (Lipinski definition) is 4. The molecule has 0 spiro atoms. The van der Waals surface area contributed by atoms with E-state index < -0.39 is 0 Å². The highest BCUT2D eigenvalue weighted by Crippen LogP contribution is 2.46. The summed E-state index contributed by atoms with van der Waals surface area (Å²) in [6.07, 6.45) is 5.93. The Labute approximate surface area is 141 Å². The van der Waals surface area contributed by atoms with Gasteiger partial charge in [-0.2, -0.15) is 0 Å². The lowest BCUT2D eigenvalue weighted by Gasteiger charge is -2.32. The molecule has 24 heavy (non-hydrogen) atoms. The van der Waals surface area contributed by atoms with E-state index in [0.717, 1.165) is 24.3 Å². The number of ether oxygens (including phenoxy) is 1. The quantitative estimate of drug-likeness (QED) is 0.793. The van der Waals surface area contributed by atoms with Crippen molar-refractivity contribution in [3.63, 3.8) is 0 Å². The minimum atomic E-state index is 0.634. The van der Waals surface area contributed by atoms with Crippen LogP contribution < -0.4 is 9.64 Å². The van der Waals surface area contributed by atoms with Gasteiger partial charge in [0.2, 0.25) is 0 Å². The highest BCUT2D eigenvalue weighted by Gasteiger charge is 2.31. The molecule has 0 saturated heterocycles. The number of rotatable bonds is 4. The van der Waals surface area contributed by atoms with Crippen LogP contribution in [0.25, 0.3) is 0 Å². The Bertz CT molecular complexity index is 779. The molecule has 5 rings (SSSR count). The summed E-state index contributed by atoms with van der Waals surface area (Å²) in [4.78, 5) is 18.3. The van der Waals surface area contributed by atoms with E-state index in [9.17, 15) is 4.79 Å². The second-order valence-electron chi connectivity index (χ2n) is 7.07. The van der Waals surface area contributed by atoms with Crippen molar-refractivity contribution in [3.8, 4) is 5.75 Å². The number of carbonyl (C=O) groups is 1. The summed E-state index contributed by atoms with van der Waals surface area (Å²) in [6.45, 7) is 1.46. The highest BCUT2D eigenvalue weighted by molar-refractivity contribution is 5.80. The van der Waals surface area contributed by atoms with Gasteiger partial charge in [0.1, 0.15) is 18.6 Å². The average Bonchev–Trinajstić information content (AvgIpc) is 3.51. The molecule has 0 amide bonds. The summed E-state index contributed by atoms with van der Waals surface area (Å²) in [5.74, 6) is 2.10. The van der Waals surface area contributed by atoms with Crippen LogP contribution in [0.4, 0.5) is 11.4 Å². The molecule has 2 saturated carbocycles. The number of fused-ring (bicyclic) bond motifs is 1. The number of hydrogen-bond donors (Lipinski definition) is 0. The highest BCUT2D eigenvalue weighted by atomic mass is 16.5. The molecule has 4 heteroatoms. The van der Waals surface area contributed by atoms with Crippen LogP contribution in [-0.4, -0.2) is 24.4 Å². The van der Waals surface area contributed by atoms with Gasteiger partial charge >= 0.3 is 0 Å². The molecule has 1 aromatic heterocycles. The van der Waals surface area contributed by atoms with E-state index in [2.05, 4.69) is 17.0 Å². The van der Waals surface area contributed by atoms with E-state index in [1.54, 1.807) is 0 Å². The molecular weight excluding hydrogens is 300 g/mol. The molecule has 0 bridgehead atoms. The van der Waals surface area contributed by atoms with Gasteiger partial charge in [-0.05, 0) is 56.0 Å². The molecule has 0 unspecified atom stereocenters. The van der Waals surface area contributed by atoms with Gasteiger partial charge in [0, 0.05) is 34.5 Å². The third-order valence-corrected chi connectivity index (χ3v) is 5.14. The Morgan fingerprint density at radius 3 is 2.38 bits per heavy atom. The SMILES string of the molecule is O=Cc1ccc2c(c1)OCCN2c1cc(C2CC2)nc(C2CC2)c1. The van der Waals surface area contributed by atoms with Crippen molar-refractivity contribution < 1.29 is 9.53 Å². The first-order valence-corrected chi connectivity index (χ1v) is 8.83. The second-order valence-corrected chi connectivity index (χ2v) is 7.07. The van der Waals surface area contributed by atoms with Crippen molar-refractivity contribution >= 4 is 17.7 Å². The minimum Gasteiger partial charge on any atom is -0.490 e. The van der Waals surface area contributed by atoms with Crippen LogP contribution >= 0.6 is 0 Å². The van der Waals surface area contributed by atoms with E-state index in [-0.39, 0.29) is 0 Å². The fourth-order valence-electron chi connectivity index (χ4n) is 3.47. The summed E-state index contributed by atoms with van der Waals surface area (Å²) in [5.41, 5.74) is 5.43. The smallest absolute Gasteiger partial charge is 0.150 e. The van der Waals surface area contributed by atoms with Crippen molar-refractivity contribution in [3.05, 3.63) is 47.3 Å². The number of aldehydes is 1. The zero-order valence-electron chi connectivity index (χ0n) is 13.6. The van der Waals surface area contributed by atoms with Crippen molar-refractivity contribution in [2.75, 3.05) is 18.1 Å². The van der Waals surface area contributed by atoms with Gasteiger partial charge in [0.05, 0.1) is 12.2 Å². The fraction of sp³-hybridized carbons (Fsp3) is 0.400. The predicted molar refractivity (Wildman–Crippen MR) is 92.5 cm³/mol. The van der Waals surface area contributed by atoms with Crippen LogP contribution in [0.15, 0.2) is 30.3 Å². The lowest BCUT2D eigenvalue weighted by Crippen LogP contribution is -2.29. The molecule has 0 radical (unpaired) electrons. The molecule has 2 heterocycles. The van der Waals surface area contributed by atoms with Crippen molar-refractivity contribution in [1.82, 2.24) is 4.98 Å². The standard InChI is InChI=1S/C20H20N2O2/c23-12-13-1-6-19-20(9-13)24-8-7-22(19)16-10-17(14-2-3-14)21-18(11-16)15-4-5-15/h1,6,9-12,14-15H,2-5,7-8H2. The molecule has 1 aromatic carbocycles. The van der Waals surface area contributed by atoms with E-state index in [0.29, 0.717) is 24.0 Å². The van der Waals surface area contributed by atoms with Gasteiger partial charge in [0.15, 0.2) is 0 Å². The van der Waals surface area contributed by atoms with E-state index in [1.807, 2.05) is 18.2 Å². The molecule has 0 N–H and O–H groups in total. The Kier molecular flexibility index (Phi) is 3.12. The molecular formula is C20H20N2O2.